The molecule has 1 aromatic carbocycles. The summed E-state index contributed by atoms with van der Waals surface area (Å²) in [5.41, 5.74) is 3.20. The molecule has 6 nitrogen and oxygen atoms in total. The Labute approximate surface area is 189 Å². The molecule has 4 rings (SSSR count). The molecule has 1 amide bonds. The monoisotopic (exact) mass is 473 g/mol. The van der Waals surface area contributed by atoms with Crippen molar-refractivity contribution in [3.63, 3.8) is 0 Å². The van der Waals surface area contributed by atoms with Gasteiger partial charge in [-0.25, -0.2) is 8.42 Å². The van der Waals surface area contributed by atoms with E-state index >= 15 is 0 Å². The number of sulfonamides is 1. The molecule has 3 aromatic rings. The predicted molar refractivity (Wildman–Crippen MR) is 124 cm³/mol. The smallest absolute Gasteiger partial charge is 0.252 e. The topological polar surface area (TPSA) is 71.7 Å². The average molecular weight is 474 g/mol. The van der Waals surface area contributed by atoms with Crippen LogP contribution in [0.4, 0.5) is 0 Å². The highest BCUT2D eigenvalue weighted by molar-refractivity contribution is 7.91. The zero-order valence-corrected chi connectivity index (χ0v) is 19.8. The van der Waals surface area contributed by atoms with Crippen LogP contribution in [0.15, 0.2) is 38.8 Å². The number of hydrogen-bond acceptors (Lipinski definition) is 5. The maximum atomic E-state index is 13.1. The predicted octanol–water partition coefficient (Wildman–Crippen LogP) is 3.54. The van der Waals surface area contributed by atoms with Gasteiger partial charge in [0.15, 0.2) is 4.80 Å². The fourth-order valence-corrected chi connectivity index (χ4v) is 7.68. The van der Waals surface area contributed by atoms with Gasteiger partial charge < -0.3 is 4.57 Å². The molecule has 0 N–H and O–H groups in total. The number of nitrogens with zero attached hydrogens (tertiary/aromatic N) is 3. The number of aromatic nitrogens is 1. The number of thiophene rings is 1. The molecule has 162 valence electrons. The van der Waals surface area contributed by atoms with E-state index in [1.54, 1.807) is 17.5 Å². The summed E-state index contributed by atoms with van der Waals surface area (Å²) in [5, 5.41) is 1.74. The summed E-state index contributed by atoms with van der Waals surface area (Å²) < 4.78 is 30.4. The van der Waals surface area contributed by atoms with Gasteiger partial charge in [-0.15, -0.1) is 17.8 Å². The van der Waals surface area contributed by atoms with Crippen LogP contribution in [0.3, 0.4) is 0 Å². The van der Waals surface area contributed by atoms with E-state index in [4.69, 9.17) is 6.42 Å². The Balaban J connectivity index is 1.67. The highest BCUT2D eigenvalue weighted by Gasteiger charge is 2.33. The van der Waals surface area contributed by atoms with E-state index in [-0.39, 0.29) is 12.5 Å². The van der Waals surface area contributed by atoms with Crippen LogP contribution in [0.25, 0.3) is 10.2 Å². The van der Waals surface area contributed by atoms with Crippen molar-refractivity contribution in [1.29, 1.82) is 0 Å². The van der Waals surface area contributed by atoms with E-state index in [2.05, 4.69) is 23.0 Å². The molecule has 1 unspecified atom stereocenters. The van der Waals surface area contributed by atoms with Gasteiger partial charge >= 0.3 is 0 Å². The average Bonchev–Trinajstić information content (AvgIpc) is 3.39. The number of amides is 1. The second kappa shape index (κ2) is 8.71. The Morgan fingerprint density at radius 2 is 2.16 bits per heavy atom. The minimum Gasteiger partial charge on any atom is -0.305 e. The fourth-order valence-electron chi connectivity index (χ4n) is 3.93. The standard InChI is InChI=1S/C22H23N3O3S3/c1-4-9-25-18-13-15(2)12-16(3)20(18)30-22(25)23-21(26)17-7-5-10-24(14-17)31(27,28)19-8-6-11-29-19/h1,6,8,11-13,17H,5,7,9-10,14H2,2-3H3. The van der Waals surface area contributed by atoms with Crippen LogP contribution in [-0.2, 0) is 21.4 Å². The first-order chi connectivity index (χ1) is 14.8. The number of hydrogen-bond donors (Lipinski definition) is 0. The minimum absolute atomic E-state index is 0.154. The zero-order valence-electron chi connectivity index (χ0n) is 17.4. The Morgan fingerprint density at radius 1 is 1.35 bits per heavy atom. The molecule has 1 aliphatic heterocycles. The Bertz CT molecular complexity index is 1340. The second-order valence-electron chi connectivity index (χ2n) is 7.69. The number of piperidine rings is 1. The first kappa shape index (κ1) is 22.0. The molecule has 9 heteroatoms. The van der Waals surface area contributed by atoms with E-state index < -0.39 is 15.9 Å². The minimum atomic E-state index is -3.58. The van der Waals surface area contributed by atoms with Crippen molar-refractivity contribution >= 4 is 48.8 Å². The van der Waals surface area contributed by atoms with E-state index in [1.165, 1.54) is 27.0 Å². The summed E-state index contributed by atoms with van der Waals surface area (Å²) in [6.07, 6.45) is 6.83. The molecule has 1 aliphatic rings. The summed E-state index contributed by atoms with van der Waals surface area (Å²) in [6, 6.07) is 7.46. The number of aryl methyl sites for hydroxylation is 2. The van der Waals surface area contributed by atoms with Crippen LogP contribution < -0.4 is 4.80 Å². The van der Waals surface area contributed by atoms with Crippen LogP contribution in [0.1, 0.15) is 24.0 Å². The molecule has 1 atom stereocenters. The first-order valence-electron chi connectivity index (χ1n) is 9.97. The van der Waals surface area contributed by atoms with Gasteiger partial charge in [-0.2, -0.15) is 9.30 Å². The molecule has 3 heterocycles. The van der Waals surface area contributed by atoms with Gasteiger partial charge in [0.1, 0.15) is 4.21 Å². The van der Waals surface area contributed by atoms with Crippen molar-refractivity contribution < 1.29 is 13.2 Å². The van der Waals surface area contributed by atoms with Crippen LogP contribution >= 0.6 is 22.7 Å². The quantitative estimate of drug-likeness (QED) is 0.544. The van der Waals surface area contributed by atoms with Gasteiger partial charge in [-0.1, -0.05) is 29.4 Å². The van der Waals surface area contributed by atoms with Crippen molar-refractivity contribution in [3.05, 3.63) is 45.6 Å². The zero-order chi connectivity index (χ0) is 22.2. The summed E-state index contributed by atoms with van der Waals surface area (Å²) in [6.45, 7) is 4.95. The normalized spacial score (nSPS) is 18.4. The maximum absolute atomic E-state index is 13.1. The fraction of sp³-hybridized carbons (Fsp3) is 0.364. The summed E-state index contributed by atoms with van der Waals surface area (Å²) in [4.78, 5) is 18.0. The van der Waals surface area contributed by atoms with Crippen molar-refractivity contribution in [2.24, 2.45) is 10.9 Å². The van der Waals surface area contributed by atoms with E-state index in [0.717, 1.165) is 21.3 Å². The summed E-state index contributed by atoms with van der Waals surface area (Å²) in [7, 11) is -3.58. The van der Waals surface area contributed by atoms with E-state index in [0.29, 0.717) is 34.9 Å². The maximum Gasteiger partial charge on any atom is 0.252 e. The van der Waals surface area contributed by atoms with Gasteiger partial charge in [0, 0.05) is 13.1 Å². The van der Waals surface area contributed by atoms with Crippen molar-refractivity contribution in [2.45, 2.75) is 37.4 Å². The number of carbonyl (C=O) groups excluding carboxylic acids is 1. The lowest BCUT2D eigenvalue weighted by Gasteiger charge is -2.29. The molecule has 2 aromatic heterocycles. The van der Waals surface area contributed by atoms with Crippen LogP contribution in [-0.4, -0.2) is 36.3 Å². The summed E-state index contributed by atoms with van der Waals surface area (Å²) in [5.74, 6) is 1.89. The first-order valence-corrected chi connectivity index (χ1v) is 13.1. The van der Waals surface area contributed by atoms with E-state index in [9.17, 15) is 13.2 Å². The molecule has 31 heavy (non-hydrogen) atoms. The molecule has 0 spiro atoms. The van der Waals surface area contributed by atoms with E-state index in [1.807, 2.05) is 18.4 Å². The van der Waals surface area contributed by atoms with Crippen molar-refractivity contribution in [1.82, 2.24) is 8.87 Å². The second-order valence-corrected chi connectivity index (χ2v) is 11.8. The van der Waals surface area contributed by atoms with Crippen LogP contribution in [0.2, 0.25) is 0 Å². The molecule has 1 fully saturated rings. The van der Waals surface area contributed by atoms with Gasteiger partial charge in [-0.3, -0.25) is 4.79 Å². The van der Waals surface area contributed by atoms with Crippen molar-refractivity contribution in [3.8, 4) is 12.3 Å². The molecule has 0 saturated carbocycles. The number of terminal acetylenes is 1. The number of carbonyl (C=O) groups is 1. The third-order valence-corrected chi connectivity index (χ3v) is 9.86. The molecular weight excluding hydrogens is 450 g/mol. The molecule has 0 bridgehead atoms. The lowest BCUT2D eigenvalue weighted by molar-refractivity contribution is -0.122. The number of thiazole rings is 1. The molecule has 0 radical (unpaired) electrons. The Kier molecular flexibility index (Phi) is 6.17. The van der Waals surface area contributed by atoms with Gasteiger partial charge in [-0.05, 0) is 55.3 Å². The molecule has 1 saturated heterocycles. The Hall–Kier alpha value is -2.25. The van der Waals surface area contributed by atoms with Gasteiger partial charge in [0.25, 0.3) is 15.9 Å². The molecule has 0 aliphatic carbocycles. The highest BCUT2D eigenvalue weighted by Crippen LogP contribution is 2.27. The Morgan fingerprint density at radius 3 is 2.87 bits per heavy atom. The lowest BCUT2D eigenvalue weighted by Crippen LogP contribution is -2.42. The molecular formula is C22H23N3O3S3. The number of rotatable bonds is 4. The van der Waals surface area contributed by atoms with Gasteiger partial charge in [0.05, 0.1) is 22.7 Å². The van der Waals surface area contributed by atoms with Crippen LogP contribution in [0.5, 0.6) is 0 Å². The van der Waals surface area contributed by atoms with Crippen molar-refractivity contribution in [2.75, 3.05) is 13.1 Å². The SMILES string of the molecule is C#CCn1c(=NC(=O)C2CCCN(S(=O)(=O)c3cccs3)C2)sc2c(C)cc(C)cc21. The summed E-state index contributed by atoms with van der Waals surface area (Å²) >= 11 is 2.64. The third kappa shape index (κ3) is 4.26. The number of fused-ring (bicyclic) bond motifs is 1. The van der Waals surface area contributed by atoms with Crippen LogP contribution in [0, 0.1) is 32.1 Å². The third-order valence-electron chi connectivity index (χ3n) is 5.39. The lowest BCUT2D eigenvalue weighted by atomic mass is 9.99. The number of benzene rings is 1. The largest absolute Gasteiger partial charge is 0.305 e. The highest BCUT2D eigenvalue weighted by atomic mass is 32.2. The van der Waals surface area contributed by atoms with Gasteiger partial charge in [0.2, 0.25) is 0 Å².